The van der Waals surface area contributed by atoms with E-state index in [1.807, 2.05) is 48.5 Å². The summed E-state index contributed by atoms with van der Waals surface area (Å²) in [4.78, 5) is 11.8. The molecule has 2 rings (SSSR count). The number of amides is 1. The van der Waals surface area contributed by atoms with E-state index in [1.54, 1.807) is 0 Å². The highest BCUT2D eigenvalue weighted by Gasteiger charge is 2.02. The van der Waals surface area contributed by atoms with Gasteiger partial charge in [0, 0.05) is 16.7 Å². The van der Waals surface area contributed by atoms with Gasteiger partial charge in [-0.15, -0.1) is 0 Å². The maximum Gasteiger partial charge on any atom is 0.238 e. The first-order chi connectivity index (χ1) is 10.2. The fourth-order valence-corrected chi connectivity index (χ4v) is 2.33. The predicted molar refractivity (Wildman–Crippen MR) is 86.8 cm³/mol. The second kappa shape index (κ2) is 7.93. The van der Waals surface area contributed by atoms with Gasteiger partial charge in [0.15, 0.2) is 0 Å². The Kier molecular flexibility index (Phi) is 5.92. The highest BCUT2D eigenvalue weighted by atomic mass is 79.9. The number of rotatable bonds is 6. The van der Waals surface area contributed by atoms with Crippen LogP contribution in [-0.2, 0) is 17.9 Å². The van der Waals surface area contributed by atoms with Gasteiger partial charge >= 0.3 is 0 Å². The third-order valence-electron chi connectivity index (χ3n) is 2.90. The molecule has 0 aliphatic heterocycles. The number of hydrogen-bond donors (Lipinski definition) is 3. The number of anilines is 1. The topological polar surface area (TPSA) is 61.4 Å². The van der Waals surface area contributed by atoms with Crippen molar-refractivity contribution in [2.24, 2.45) is 0 Å². The van der Waals surface area contributed by atoms with Gasteiger partial charge in [-0.1, -0.05) is 46.3 Å². The number of aliphatic hydroxyl groups is 1. The molecule has 0 aromatic heterocycles. The lowest BCUT2D eigenvalue weighted by Crippen LogP contribution is -2.27. The van der Waals surface area contributed by atoms with Crippen LogP contribution in [-0.4, -0.2) is 17.6 Å². The molecule has 2 aromatic rings. The predicted octanol–water partition coefficient (Wildman–Crippen LogP) is 2.67. The first-order valence-electron chi connectivity index (χ1n) is 6.62. The minimum atomic E-state index is -0.0913. The van der Waals surface area contributed by atoms with Crippen LogP contribution < -0.4 is 10.6 Å². The monoisotopic (exact) mass is 348 g/mol. The van der Waals surface area contributed by atoms with Gasteiger partial charge < -0.3 is 15.7 Å². The van der Waals surface area contributed by atoms with Crippen molar-refractivity contribution < 1.29 is 9.90 Å². The summed E-state index contributed by atoms with van der Waals surface area (Å²) in [7, 11) is 0. The van der Waals surface area contributed by atoms with Crippen molar-refractivity contribution in [3.63, 3.8) is 0 Å². The number of carbonyl (C=O) groups is 1. The van der Waals surface area contributed by atoms with Gasteiger partial charge in [0.2, 0.25) is 5.91 Å². The van der Waals surface area contributed by atoms with E-state index in [2.05, 4.69) is 26.6 Å². The van der Waals surface area contributed by atoms with Crippen LogP contribution in [0, 0.1) is 0 Å². The van der Waals surface area contributed by atoms with Gasteiger partial charge in [-0.3, -0.25) is 4.79 Å². The van der Waals surface area contributed by atoms with Crippen molar-refractivity contribution in [2.75, 3.05) is 11.9 Å². The van der Waals surface area contributed by atoms with E-state index in [-0.39, 0.29) is 19.1 Å². The highest BCUT2D eigenvalue weighted by Crippen LogP contribution is 2.15. The number of nitrogens with one attached hydrogen (secondary N) is 2. The van der Waals surface area contributed by atoms with Gasteiger partial charge in [0.1, 0.15) is 0 Å². The molecule has 110 valence electrons. The van der Waals surface area contributed by atoms with Crippen molar-refractivity contribution >= 4 is 27.5 Å². The Bertz CT molecular complexity index is 617. The molecule has 1 amide bonds. The zero-order valence-electron chi connectivity index (χ0n) is 11.5. The molecule has 4 nitrogen and oxygen atoms in total. The van der Waals surface area contributed by atoms with Crippen LogP contribution in [0.15, 0.2) is 53.0 Å². The van der Waals surface area contributed by atoms with Crippen molar-refractivity contribution in [2.45, 2.75) is 13.2 Å². The fraction of sp³-hybridized carbons (Fsp3) is 0.188. The Labute approximate surface area is 132 Å². The molecule has 2 aromatic carbocycles. The van der Waals surface area contributed by atoms with Gasteiger partial charge in [-0.05, 0) is 29.3 Å². The standard InChI is InChI=1S/C16H17BrN2O2/c17-14-5-2-6-15(8-14)19-16(21)10-18-9-12-3-1-4-13(7-12)11-20/h1-8,18,20H,9-11H2,(H,19,21). The third-order valence-corrected chi connectivity index (χ3v) is 3.39. The van der Waals surface area contributed by atoms with Crippen LogP contribution >= 0.6 is 15.9 Å². The molecule has 5 heteroatoms. The normalized spacial score (nSPS) is 10.4. The zero-order valence-corrected chi connectivity index (χ0v) is 13.1. The van der Waals surface area contributed by atoms with Gasteiger partial charge in [-0.2, -0.15) is 0 Å². The van der Waals surface area contributed by atoms with Crippen molar-refractivity contribution in [1.82, 2.24) is 5.32 Å². The van der Waals surface area contributed by atoms with Crippen molar-refractivity contribution in [3.05, 3.63) is 64.1 Å². The number of carbonyl (C=O) groups excluding carboxylic acids is 1. The van der Waals surface area contributed by atoms with Gasteiger partial charge in [-0.25, -0.2) is 0 Å². The molecule has 21 heavy (non-hydrogen) atoms. The third kappa shape index (κ3) is 5.30. The molecule has 0 fully saturated rings. The molecule has 0 aliphatic rings. The summed E-state index contributed by atoms with van der Waals surface area (Å²) in [6.07, 6.45) is 0. The molecule has 0 saturated heterocycles. The molecule has 0 aliphatic carbocycles. The first kappa shape index (κ1) is 15.7. The Morgan fingerprint density at radius 1 is 1.10 bits per heavy atom. The molecule has 0 bridgehead atoms. The van der Waals surface area contributed by atoms with Crippen molar-refractivity contribution in [3.8, 4) is 0 Å². The maximum atomic E-state index is 11.8. The van der Waals surface area contributed by atoms with E-state index in [4.69, 9.17) is 5.11 Å². The largest absolute Gasteiger partial charge is 0.392 e. The van der Waals surface area contributed by atoms with Crippen LogP contribution in [0.25, 0.3) is 0 Å². The SMILES string of the molecule is O=C(CNCc1cccc(CO)c1)Nc1cccc(Br)c1. The van der Waals surface area contributed by atoms with Gasteiger partial charge in [0.05, 0.1) is 13.2 Å². The van der Waals surface area contributed by atoms with E-state index < -0.39 is 0 Å². The van der Waals surface area contributed by atoms with Crippen LogP contribution in [0.5, 0.6) is 0 Å². The average Bonchev–Trinajstić information content (AvgIpc) is 2.47. The number of hydrogen-bond acceptors (Lipinski definition) is 3. The molecule has 0 unspecified atom stereocenters. The fourth-order valence-electron chi connectivity index (χ4n) is 1.93. The number of halogens is 1. The minimum absolute atomic E-state index is 0.0250. The van der Waals surface area contributed by atoms with Crippen LogP contribution in [0.1, 0.15) is 11.1 Å². The Hall–Kier alpha value is -1.69. The highest BCUT2D eigenvalue weighted by molar-refractivity contribution is 9.10. The van der Waals surface area contributed by atoms with Crippen LogP contribution in [0.4, 0.5) is 5.69 Å². The van der Waals surface area contributed by atoms with Gasteiger partial charge in [0.25, 0.3) is 0 Å². The Balaban J connectivity index is 1.79. The summed E-state index contributed by atoms with van der Waals surface area (Å²) in [6.45, 7) is 0.840. The van der Waals surface area contributed by atoms with E-state index in [0.717, 1.165) is 21.3 Å². The Morgan fingerprint density at radius 2 is 1.86 bits per heavy atom. The lowest BCUT2D eigenvalue weighted by molar-refractivity contribution is -0.115. The maximum absolute atomic E-state index is 11.8. The van der Waals surface area contributed by atoms with E-state index in [0.29, 0.717) is 6.54 Å². The Morgan fingerprint density at radius 3 is 2.62 bits per heavy atom. The summed E-state index contributed by atoms with van der Waals surface area (Å²) in [5, 5.41) is 15.0. The van der Waals surface area contributed by atoms with Crippen LogP contribution in [0.3, 0.4) is 0 Å². The molecule has 0 spiro atoms. The molecule has 0 heterocycles. The summed E-state index contributed by atoms with van der Waals surface area (Å²) < 4.78 is 0.925. The van der Waals surface area contributed by atoms with Crippen molar-refractivity contribution in [1.29, 1.82) is 0 Å². The summed E-state index contributed by atoms with van der Waals surface area (Å²) in [5.41, 5.74) is 2.67. The molecular formula is C16H17BrN2O2. The summed E-state index contributed by atoms with van der Waals surface area (Å²) >= 11 is 3.36. The van der Waals surface area contributed by atoms with E-state index >= 15 is 0 Å². The molecule has 3 N–H and O–H groups in total. The van der Waals surface area contributed by atoms with E-state index in [1.165, 1.54) is 0 Å². The summed E-state index contributed by atoms with van der Waals surface area (Å²) in [6, 6.07) is 15.1. The molecular weight excluding hydrogens is 332 g/mol. The lowest BCUT2D eigenvalue weighted by Gasteiger charge is -2.08. The quantitative estimate of drug-likeness (QED) is 0.752. The molecule has 0 saturated carbocycles. The molecule has 0 atom stereocenters. The second-order valence-corrected chi connectivity index (χ2v) is 5.56. The number of aliphatic hydroxyl groups excluding tert-OH is 1. The molecule has 0 radical (unpaired) electrons. The second-order valence-electron chi connectivity index (χ2n) is 4.64. The number of benzene rings is 2. The zero-order chi connectivity index (χ0) is 15.1. The minimum Gasteiger partial charge on any atom is -0.392 e. The van der Waals surface area contributed by atoms with Crippen LogP contribution in [0.2, 0.25) is 0 Å². The summed E-state index contributed by atoms with van der Waals surface area (Å²) in [5.74, 6) is -0.0913. The lowest BCUT2D eigenvalue weighted by atomic mass is 10.1. The average molecular weight is 349 g/mol. The first-order valence-corrected chi connectivity index (χ1v) is 7.41. The smallest absolute Gasteiger partial charge is 0.238 e. The van der Waals surface area contributed by atoms with E-state index in [9.17, 15) is 4.79 Å².